The molecule has 1 unspecified atom stereocenters. The van der Waals surface area contributed by atoms with Crippen LogP contribution in [0.25, 0.3) is 0 Å². The predicted molar refractivity (Wildman–Crippen MR) is 79.1 cm³/mol. The maximum Gasteiger partial charge on any atom is 0.0992 e. The Bertz CT molecular complexity index is 478. The molecule has 0 amide bonds. The Hall–Kier alpha value is -1.73. The van der Waals surface area contributed by atoms with Crippen LogP contribution >= 0.6 is 0 Å². The molecule has 19 heavy (non-hydrogen) atoms. The molecule has 0 aromatic heterocycles. The molecule has 1 aromatic carbocycles. The topological polar surface area (TPSA) is 56.3 Å². The van der Waals surface area contributed by atoms with Gasteiger partial charge in [0.1, 0.15) is 0 Å². The van der Waals surface area contributed by atoms with Crippen molar-refractivity contribution in [1.29, 1.82) is 5.26 Å². The second-order valence-corrected chi connectivity index (χ2v) is 5.54. The smallest absolute Gasteiger partial charge is 0.0992 e. The van der Waals surface area contributed by atoms with Gasteiger partial charge in [0.05, 0.1) is 23.0 Å². The molecule has 0 bridgehead atoms. The minimum Gasteiger partial charge on any atom is -0.397 e. The van der Waals surface area contributed by atoms with Crippen molar-refractivity contribution in [2.45, 2.75) is 12.8 Å². The van der Waals surface area contributed by atoms with Crippen molar-refractivity contribution in [2.24, 2.45) is 5.92 Å². The van der Waals surface area contributed by atoms with Crippen LogP contribution < -0.4 is 10.6 Å². The number of piperidine rings is 1. The van der Waals surface area contributed by atoms with Crippen LogP contribution in [0.15, 0.2) is 18.2 Å². The lowest BCUT2D eigenvalue weighted by Crippen LogP contribution is -2.38. The van der Waals surface area contributed by atoms with E-state index in [0.29, 0.717) is 11.5 Å². The SMILES string of the molecule is CN1CCCC(CN(C)c2cc(C#N)ccc2N)C1. The summed E-state index contributed by atoms with van der Waals surface area (Å²) in [5, 5.41) is 8.97. The molecule has 1 heterocycles. The van der Waals surface area contributed by atoms with Crippen molar-refractivity contribution >= 4 is 11.4 Å². The maximum atomic E-state index is 8.97. The molecule has 0 spiro atoms. The number of nitrogen functional groups attached to an aromatic ring is 1. The quantitative estimate of drug-likeness (QED) is 0.842. The summed E-state index contributed by atoms with van der Waals surface area (Å²) in [4.78, 5) is 4.57. The summed E-state index contributed by atoms with van der Waals surface area (Å²) >= 11 is 0. The van der Waals surface area contributed by atoms with Gasteiger partial charge in [-0.25, -0.2) is 0 Å². The van der Waals surface area contributed by atoms with Crippen LogP contribution in [0, 0.1) is 17.2 Å². The molecule has 2 N–H and O–H groups in total. The third-order valence-electron chi connectivity index (χ3n) is 3.82. The maximum absolute atomic E-state index is 8.97. The zero-order valence-electron chi connectivity index (χ0n) is 11.8. The molecule has 0 saturated carbocycles. The Morgan fingerprint density at radius 2 is 2.32 bits per heavy atom. The first kappa shape index (κ1) is 13.7. The van der Waals surface area contributed by atoms with Crippen LogP contribution in [-0.4, -0.2) is 38.6 Å². The normalized spacial score (nSPS) is 19.9. The van der Waals surface area contributed by atoms with Crippen molar-refractivity contribution in [1.82, 2.24) is 4.90 Å². The van der Waals surface area contributed by atoms with Gasteiger partial charge in [0.15, 0.2) is 0 Å². The Labute approximate surface area is 115 Å². The van der Waals surface area contributed by atoms with E-state index in [1.165, 1.54) is 19.4 Å². The average molecular weight is 258 g/mol. The molecule has 1 atom stereocenters. The van der Waals surface area contributed by atoms with Gasteiger partial charge in [-0.2, -0.15) is 5.26 Å². The zero-order valence-corrected chi connectivity index (χ0v) is 11.8. The summed E-state index contributed by atoms with van der Waals surface area (Å²) in [5.41, 5.74) is 8.39. The highest BCUT2D eigenvalue weighted by Gasteiger charge is 2.19. The second-order valence-electron chi connectivity index (χ2n) is 5.54. The molecule has 1 saturated heterocycles. The van der Waals surface area contributed by atoms with E-state index in [1.54, 1.807) is 6.07 Å². The van der Waals surface area contributed by atoms with Gasteiger partial charge >= 0.3 is 0 Å². The number of nitriles is 1. The van der Waals surface area contributed by atoms with Gasteiger partial charge in [-0.15, -0.1) is 0 Å². The number of nitrogens with two attached hydrogens (primary N) is 1. The van der Waals surface area contributed by atoms with E-state index in [9.17, 15) is 0 Å². The number of rotatable bonds is 3. The summed E-state index contributed by atoms with van der Waals surface area (Å²) in [6, 6.07) is 7.63. The highest BCUT2D eigenvalue weighted by atomic mass is 15.1. The van der Waals surface area contributed by atoms with Crippen LogP contribution in [-0.2, 0) is 0 Å². The average Bonchev–Trinajstić information content (AvgIpc) is 2.39. The van der Waals surface area contributed by atoms with Gasteiger partial charge in [0, 0.05) is 20.1 Å². The molecule has 0 radical (unpaired) electrons. The molecule has 4 heteroatoms. The first-order valence-corrected chi connectivity index (χ1v) is 6.79. The second kappa shape index (κ2) is 5.94. The molecule has 1 aliphatic rings. The van der Waals surface area contributed by atoms with E-state index in [2.05, 4.69) is 30.0 Å². The van der Waals surface area contributed by atoms with E-state index >= 15 is 0 Å². The first-order chi connectivity index (χ1) is 9.10. The number of hydrogen-bond donors (Lipinski definition) is 1. The highest BCUT2D eigenvalue weighted by molar-refractivity contribution is 5.69. The van der Waals surface area contributed by atoms with Crippen molar-refractivity contribution in [2.75, 3.05) is 44.4 Å². The monoisotopic (exact) mass is 258 g/mol. The largest absolute Gasteiger partial charge is 0.397 e. The molecule has 1 aliphatic heterocycles. The first-order valence-electron chi connectivity index (χ1n) is 6.79. The van der Waals surface area contributed by atoms with Crippen molar-refractivity contribution < 1.29 is 0 Å². The lowest BCUT2D eigenvalue weighted by Gasteiger charge is -2.33. The summed E-state index contributed by atoms with van der Waals surface area (Å²) in [7, 11) is 4.23. The molecule has 0 aliphatic carbocycles. The standard InChI is InChI=1S/C15H22N4/c1-18-7-3-4-13(10-18)11-19(2)15-8-12(9-16)5-6-14(15)17/h5-6,8,13H,3-4,7,10-11,17H2,1-2H3. The van der Waals surface area contributed by atoms with E-state index < -0.39 is 0 Å². The van der Waals surface area contributed by atoms with Crippen molar-refractivity contribution in [3.63, 3.8) is 0 Å². The minimum absolute atomic E-state index is 0.664. The summed E-state index contributed by atoms with van der Waals surface area (Å²) in [5.74, 6) is 0.675. The number of hydrogen-bond acceptors (Lipinski definition) is 4. The van der Waals surface area contributed by atoms with Crippen LogP contribution in [0.4, 0.5) is 11.4 Å². The fraction of sp³-hybridized carbons (Fsp3) is 0.533. The molecule has 1 aromatic rings. The van der Waals surface area contributed by atoms with E-state index in [1.807, 2.05) is 12.1 Å². The van der Waals surface area contributed by atoms with Crippen LogP contribution in [0.1, 0.15) is 18.4 Å². The molecular weight excluding hydrogens is 236 g/mol. The lowest BCUT2D eigenvalue weighted by atomic mass is 9.97. The molecule has 2 rings (SSSR count). The van der Waals surface area contributed by atoms with Gasteiger partial charge in [-0.05, 0) is 50.6 Å². The number of benzene rings is 1. The van der Waals surface area contributed by atoms with Crippen LogP contribution in [0.2, 0.25) is 0 Å². The highest BCUT2D eigenvalue weighted by Crippen LogP contribution is 2.25. The van der Waals surface area contributed by atoms with Crippen LogP contribution in [0.3, 0.4) is 0 Å². The van der Waals surface area contributed by atoms with Gasteiger partial charge < -0.3 is 15.5 Å². The Morgan fingerprint density at radius 1 is 1.53 bits per heavy atom. The van der Waals surface area contributed by atoms with E-state index in [-0.39, 0.29) is 0 Å². The van der Waals surface area contributed by atoms with Gasteiger partial charge in [0.2, 0.25) is 0 Å². The fourth-order valence-electron chi connectivity index (χ4n) is 2.85. The van der Waals surface area contributed by atoms with Gasteiger partial charge in [-0.3, -0.25) is 0 Å². The fourth-order valence-corrected chi connectivity index (χ4v) is 2.85. The number of nitrogens with zero attached hydrogens (tertiary/aromatic N) is 3. The van der Waals surface area contributed by atoms with Gasteiger partial charge in [-0.1, -0.05) is 0 Å². The Morgan fingerprint density at radius 3 is 3.00 bits per heavy atom. The number of anilines is 2. The summed E-state index contributed by atoms with van der Waals surface area (Å²) in [6.07, 6.45) is 2.54. The molecule has 4 nitrogen and oxygen atoms in total. The van der Waals surface area contributed by atoms with E-state index in [4.69, 9.17) is 11.0 Å². The minimum atomic E-state index is 0.664. The molecular formula is C15H22N4. The van der Waals surface area contributed by atoms with Gasteiger partial charge in [0.25, 0.3) is 0 Å². The third kappa shape index (κ3) is 3.39. The van der Waals surface area contributed by atoms with E-state index in [0.717, 1.165) is 24.5 Å². The Kier molecular flexibility index (Phi) is 4.28. The molecule has 1 fully saturated rings. The molecule has 102 valence electrons. The Balaban J connectivity index is 2.07. The van der Waals surface area contributed by atoms with Crippen molar-refractivity contribution in [3.05, 3.63) is 23.8 Å². The summed E-state index contributed by atoms with van der Waals surface area (Å²) < 4.78 is 0. The zero-order chi connectivity index (χ0) is 13.8. The number of likely N-dealkylation sites (tertiary alicyclic amines) is 1. The summed E-state index contributed by atoms with van der Waals surface area (Å²) in [6.45, 7) is 3.33. The lowest BCUT2D eigenvalue weighted by molar-refractivity contribution is 0.213. The predicted octanol–water partition coefficient (Wildman–Crippen LogP) is 1.92. The van der Waals surface area contributed by atoms with Crippen LogP contribution in [0.5, 0.6) is 0 Å². The third-order valence-corrected chi connectivity index (χ3v) is 3.82. The van der Waals surface area contributed by atoms with Crippen molar-refractivity contribution in [3.8, 4) is 6.07 Å².